The van der Waals surface area contributed by atoms with Gasteiger partial charge in [-0.15, -0.1) is 0 Å². The van der Waals surface area contributed by atoms with Crippen LogP contribution >= 0.6 is 0 Å². The predicted octanol–water partition coefficient (Wildman–Crippen LogP) is 2.19. The van der Waals surface area contributed by atoms with Gasteiger partial charge in [0.2, 0.25) is 0 Å². The number of para-hydroxylation sites is 1. The molecular weight excluding hydrogens is 336 g/mol. The van der Waals surface area contributed by atoms with E-state index in [0.717, 1.165) is 31.3 Å². The number of allylic oxidation sites excluding steroid dienone is 2. The van der Waals surface area contributed by atoms with E-state index >= 15 is 0 Å². The number of fused-ring (bicyclic) bond motifs is 1. The van der Waals surface area contributed by atoms with Gasteiger partial charge in [-0.05, 0) is 37.3 Å². The fraction of sp³-hybridized carbons (Fsp3) is 0.400. The third-order valence-electron chi connectivity index (χ3n) is 4.43. The third kappa shape index (κ3) is 4.20. The smallest absolute Gasteiger partial charge is 0.310 e. The molecule has 138 valence electrons. The van der Waals surface area contributed by atoms with E-state index < -0.39 is 18.7 Å². The standard InChI is InChI=1S/C20H22O6/c21-11-15(22)12-25-19(24)9-14-7-4-8-16-17(23)10-18(26-20(14)16)13-5-2-1-3-6-13/h4-5,7-8,10,15,21-22H,1-3,6,9,11-12H2. The van der Waals surface area contributed by atoms with Crippen LogP contribution in [0, 0.1) is 0 Å². The number of esters is 1. The van der Waals surface area contributed by atoms with Crippen molar-refractivity contribution in [1.82, 2.24) is 0 Å². The summed E-state index contributed by atoms with van der Waals surface area (Å²) in [6.45, 7) is -0.753. The highest BCUT2D eigenvalue weighted by atomic mass is 16.5. The molecule has 0 bridgehead atoms. The number of carbonyl (C=O) groups is 1. The van der Waals surface area contributed by atoms with Crippen LogP contribution in [0.5, 0.6) is 0 Å². The second-order valence-electron chi connectivity index (χ2n) is 6.44. The van der Waals surface area contributed by atoms with Crippen LogP contribution in [0.1, 0.15) is 37.0 Å². The fourth-order valence-corrected chi connectivity index (χ4v) is 3.04. The van der Waals surface area contributed by atoms with Gasteiger partial charge in [-0.25, -0.2) is 0 Å². The Hall–Kier alpha value is -2.44. The quantitative estimate of drug-likeness (QED) is 0.769. The summed E-state index contributed by atoms with van der Waals surface area (Å²) < 4.78 is 10.9. The SMILES string of the molecule is O=C(Cc1cccc2c(=O)cc(C3=CCCCC3)oc12)OCC(O)CO. The van der Waals surface area contributed by atoms with E-state index in [2.05, 4.69) is 6.08 Å². The van der Waals surface area contributed by atoms with Crippen molar-refractivity contribution < 1.29 is 24.2 Å². The first-order valence-electron chi connectivity index (χ1n) is 8.78. The van der Waals surface area contributed by atoms with Gasteiger partial charge in [-0.3, -0.25) is 9.59 Å². The zero-order valence-electron chi connectivity index (χ0n) is 14.4. The summed E-state index contributed by atoms with van der Waals surface area (Å²) in [6.07, 6.45) is 4.96. The van der Waals surface area contributed by atoms with E-state index in [9.17, 15) is 14.7 Å². The normalized spacial score (nSPS) is 15.5. The van der Waals surface area contributed by atoms with Crippen molar-refractivity contribution in [3.8, 4) is 0 Å². The van der Waals surface area contributed by atoms with Crippen LogP contribution < -0.4 is 5.43 Å². The number of rotatable bonds is 6. The minimum atomic E-state index is -1.10. The van der Waals surface area contributed by atoms with Crippen molar-refractivity contribution in [3.63, 3.8) is 0 Å². The second-order valence-corrected chi connectivity index (χ2v) is 6.44. The van der Waals surface area contributed by atoms with Gasteiger partial charge in [0.1, 0.15) is 24.1 Å². The molecule has 2 aromatic rings. The molecule has 3 rings (SSSR count). The van der Waals surface area contributed by atoms with Gasteiger partial charge in [-0.2, -0.15) is 0 Å². The topological polar surface area (TPSA) is 97.0 Å². The Balaban J connectivity index is 1.90. The lowest BCUT2D eigenvalue weighted by Crippen LogP contribution is -2.22. The Labute approximate surface area is 150 Å². The zero-order chi connectivity index (χ0) is 18.5. The van der Waals surface area contributed by atoms with Crippen LogP contribution in [0.15, 0.2) is 39.6 Å². The van der Waals surface area contributed by atoms with Crippen LogP contribution in [0.25, 0.3) is 16.5 Å². The Bertz CT molecular complexity index is 879. The molecule has 2 N–H and O–H groups in total. The zero-order valence-corrected chi connectivity index (χ0v) is 14.4. The molecule has 0 radical (unpaired) electrons. The van der Waals surface area contributed by atoms with E-state index in [1.54, 1.807) is 18.2 Å². The molecule has 6 heteroatoms. The molecule has 1 aromatic heterocycles. The molecule has 1 unspecified atom stereocenters. The molecular formula is C20H22O6. The number of aliphatic hydroxyl groups is 2. The molecule has 0 saturated carbocycles. The molecule has 1 heterocycles. The first kappa shape index (κ1) is 18.4. The summed E-state index contributed by atoms with van der Waals surface area (Å²) in [4.78, 5) is 24.5. The van der Waals surface area contributed by atoms with Crippen molar-refractivity contribution in [2.45, 2.75) is 38.2 Å². The van der Waals surface area contributed by atoms with Gasteiger partial charge < -0.3 is 19.4 Å². The molecule has 1 aromatic carbocycles. The average molecular weight is 358 g/mol. The van der Waals surface area contributed by atoms with Crippen molar-refractivity contribution in [2.75, 3.05) is 13.2 Å². The summed E-state index contributed by atoms with van der Waals surface area (Å²) in [7, 11) is 0. The Kier molecular flexibility index (Phi) is 5.85. The highest BCUT2D eigenvalue weighted by molar-refractivity contribution is 5.85. The van der Waals surface area contributed by atoms with Crippen molar-refractivity contribution in [1.29, 1.82) is 0 Å². The number of carbonyl (C=O) groups excluding carboxylic acids is 1. The average Bonchev–Trinajstić information content (AvgIpc) is 2.67. The van der Waals surface area contributed by atoms with Crippen LogP contribution in [0.4, 0.5) is 0 Å². The Morgan fingerprint density at radius 1 is 1.31 bits per heavy atom. The molecule has 1 aliphatic rings. The number of aliphatic hydroxyl groups excluding tert-OH is 2. The highest BCUT2D eigenvalue weighted by Gasteiger charge is 2.16. The highest BCUT2D eigenvalue weighted by Crippen LogP contribution is 2.28. The lowest BCUT2D eigenvalue weighted by atomic mass is 9.97. The maximum Gasteiger partial charge on any atom is 0.310 e. The van der Waals surface area contributed by atoms with Crippen molar-refractivity contribution in [3.05, 3.63) is 51.9 Å². The number of ether oxygens (including phenoxy) is 1. The van der Waals surface area contributed by atoms with Crippen LogP contribution in [0.3, 0.4) is 0 Å². The first-order chi connectivity index (χ1) is 12.6. The lowest BCUT2D eigenvalue weighted by Gasteiger charge is -2.13. The number of hydrogen-bond acceptors (Lipinski definition) is 6. The predicted molar refractivity (Wildman–Crippen MR) is 96.7 cm³/mol. The minimum Gasteiger partial charge on any atom is -0.463 e. The molecule has 1 atom stereocenters. The Morgan fingerprint density at radius 2 is 2.15 bits per heavy atom. The molecule has 0 saturated heterocycles. The van der Waals surface area contributed by atoms with Gasteiger partial charge >= 0.3 is 5.97 Å². The van der Waals surface area contributed by atoms with Crippen LogP contribution in [-0.4, -0.2) is 35.5 Å². The maximum absolute atomic E-state index is 12.5. The molecule has 1 aliphatic carbocycles. The Morgan fingerprint density at radius 3 is 2.88 bits per heavy atom. The molecule has 6 nitrogen and oxygen atoms in total. The van der Waals surface area contributed by atoms with Crippen LogP contribution in [0.2, 0.25) is 0 Å². The number of hydrogen-bond donors (Lipinski definition) is 2. The van der Waals surface area contributed by atoms with E-state index in [0.29, 0.717) is 22.3 Å². The van der Waals surface area contributed by atoms with Crippen LogP contribution in [-0.2, 0) is 16.0 Å². The van der Waals surface area contributed by atoms with Gasteiger partial charge in [0.25, 0.3) is 0 Å². The third-order valence-corrected chi connectivity index (χ3v) is 4.43. The van der Waals surface area contributed by atoms with E-state index in [-0.39, 0.29) is 18.5 Å². The molecule has 0 fully saturated rings. The largest absolute Gasteiger partial charge is 0.463 e. The van der Waals surface area contributed by atoms with E-state index in [4.69, 9.17) is 14.3 Å². The van der Waals surface area contributed by atoms with E-state index in [1.165, 1.54) is 6.07 Å². The molecule has 0 spiro atoms. The van der Waals surface area contributed by atoms with Gasteiger partial charge in [0.15, 0.2) is 5.43 Å². The summed E-state index contributed by atoms with van der Waals surface area (Å²) in [5.74, 6) is -0.00588. The van der Waals surface area contributed by atoms with E-state index in [1.807, 2.05) is 0 Å². The lowest BCUT2D eigenvalue weighted by molar-refractivity contribution is -0.146. The second kappa shape index (κ2) is 8.29. The summed E-state index contributed by atoms with van der Waals surface area (Å²) in [6, 6.07) is 6.60. The fourth-order valence-electron chi connectivity index (χ4n) is 3.04. The van der Waals surface area contributed by atoms with Crippen molar-refractivity contribution >= 4 is 22.5 Å². The summed E-state index contributed by atoms with van der Waals surface area (Å²) in [5, 5.41) is 18.5. The summed E-state index contributed by atoms with van der Waals surface area (Å²) >= 11 is 0. The van der Waals surface area contributed by atoms with Gasteiger partial charge in [0, 0.05) is 11.6 Å². The van der Waals surface area contributed by atoms with Crippen molar-refractivity contribution in [2.24, 2.45) is 0 Å². The number of benzene rings is 1. The maximum atomic E-state index is 12.5. The van der Waals surface area contributed by atoms with Gasteiger partial charge in [-0.1, -0.05) is 18.2 Å². The molecule has 0 aliphatic heterocycles. The molecule has 26 heavy (non-hydrogen) atoms. The monoisotopic (exact) mass is 358 g/mol. The molecule has 0 amide bonds. The first-order valence-corrected chi connectivity index (χ1v) is 8.78. The summed E-state index contributed by atoms with van der Waals surface area (Å²) in [5.41, 5.74) is 1.83. The van der Waals surface area contributed by atoms with Gasteiger partial charge in [0.05, 0.1) is 18.4 Å². The minimum absolute atomic E-state index is 0.0824.